The highest BCUT2D eigenvalue weighted by Crippen LogP contribution is 2.19. The molecule has 0 radical (unpaired) electrons. The maximum absolute atomic E-state index is 3.62. The molecule has 1 atom stereocenters. The SMILES string of the molecule is CN(CCc1ccccc1)CC1(C)CCCN1. The van der Waals surface area contributed by atoms with E-state index in [0.29, 0.717) is 5.54 Å². The standard InChI is InChI=1S/C15H24N2/c1-15(10-6-11-16-15)13-17(2)12-9-14-7-4-3-5-8-14/h3-5,7-8,16H,6,9-13H2,1-2H3. The lowest BCUT2D eigenvalue weighted by atomic mass is 9.99. The Morgan fingerprint density at radius 2 is 2.06 bits per heavy atom. The first-order valence-electron chi connectivity index (χ1n) is 6.65. The van der Waals surface area contributed by atoms with E-state index in [4.69, 9.17) is 0 Å². The topological polar surface area (TPSA) is 15.3 Å². The van der Waals surface area contributed by atoms with E-state index in [1.54, 1.807) is 0 Å². The Kier molecular flexibility index (Phi) is 4.19. The number of likely N-dealkylation sites (N-methyl/N-ethyl adjacent to an activating group) is 1. The van der Waals surface area contributed by atoms with Crippen LogP contribution in [0.2, 0.25) is 0 Å². The molecule has 1 aromatic carbocycles. The molecule has 1 saturated heterocycles. The zero-order chi connectivity index (χ0) is 12.1. The van der Waals surface area contributed by atoms with E-state index in [2.05, 4.69) is 54.5 Å². The summed E-state index contributed by atoms with van der Waals surface area (Å²) in [6, 6.07) is 10.7. The molecule has 0 spiro atoms. The van der Waals surface area contributed by atoms with Crippen LogP contribution in [0.4, 0.5) is 0 Å². The van der Waals surface area contributed by atoms with E-state index in [0.717, 1.165) is 19.5 Å². The van der Waals surface area contributed by atoms with Crippen LogP contribution in [0.3, 0.4) is 0 Å². The fourth-order valence-corrected chi connectivity index (χ4v) is 2.73. The second kappa shape index (κ2) is 5.65. The fraction of sp³-hybridized carbons (Fsp3) is 0.600. The molecular formula is C15H24N2. The number of rotatable bonds is 5. The van der Waals surface area contributed by atoms with Crippen molar-refractivity contribution in [1.82, 2.24) is 10.2 Å². The second-order valence-corrected chi connectivity index (χ2v) is 5.56. The van der Waals surface area contributed by atoms with Gasteiger partial charge in [0.25, 0.3) is 0 Å². The average molecular weight is 232 g/mol. The Bertz CT molecular complexity index is 328. The molecule has 1 unspecified atom stereocenters. The summed E-state index contributed by atoms with van der Waals surface area (Å²) in [5.41, 5.74) is 1.77. The normalized spacial score (nSPS) is 24.4. The predicted molar refractivity (Wildman–Crippen MR) is 73.3 cm³/mol. The molecule has 1 aliphatic rings. The quantitative estimate of drug-likeness (QED) is 0.838. The maximum Gasteiger partial charge on any atom is 0.0280 e. The van der Waals surface area contributed by atoms with Gasteiger partial charge < -0.3 is 10.2 Å². The lowest BCUT2D eigenvalue weighted by Gasteiger charge is -2.30. The minimum Gasteiger partial charge on any atom is -0.310 e. The third-order valence-electron chi connectivity index (χ3n) is 3.70. The fourth-order valence-electron chi connectivity index (χ4n) is 2.73. The molecule has 2 heteroatoms. The van der Waals surface area contributed by atoms with Gasteiger partial charge in [0.05, 0.1) is 0 Å². The van der Waals surface area contributed by atoms with Crippen molar-refractivity contribution < 1.29 is 0 Å². The Labute approximate surface area is 105 Å². The lowest BCUT2D eigenvalue weighted by Crippen LogP contribution is -2.46. The van der Waals surface area contributed by atoms with Gasteiger partial charge >= 0.3 is 0 Å². The van der Waals surface area contributed by atoms with Gasteiger partial charge in [-0.05, 0) is 45.3 Å². The monoisotopic (exact) mass is 232 g/mol. The van der Waals surface area contributed by atoms with Gasteiger partial charge in [0.1, 0.15) is 0 Å². The summed E-state index contributed by atoms with van der Waals surface area (Å²) in [6.07, 6.45) is 3.78. The van der Waals surface area contributed by atoms with Crippen LogP contribution in [0.5, 0.6) is 0 Å². The van der Waals surface area contributed by atoms with Crippen molar-refractivity contribution in [1.29, 1.82) is 0 Å². The van der Waals surface area contributed by atoms with Crippen LogP contribution >= 0.6 is 0 Å². The average Bonchev–Trinajstić information content (AvgIpc) is 2.74. The van der Waals surface area contributed by atoms with E-state index in [9.17, 15) is 0 Å². The van der Waals surface area contributed by atoms with Crippen LogP contribution in [-0.4, -0.2) is 37.1 Å². The van der Waals surface area contributed by atoms with Crippen LogP contribution in [0.25, 0.3) is 0 Å². The summed E-state index contributed by atoms with van der Waals surface area (Å²) in [7, 11) is 2.23. The Morgan fingerprint density at radius 3 is 2.71 bits per heavy atom. The molecule has 1 heterocycles. The molecule has 2 nitrogen and oxygen atoms in total. The zero-order valence-electron chi connectivity index (χ0n) is 11.1. The van der Waals surface area contributed by atoms with E-state index in [1.165, 1.54) is 24.9 Å². The third-order valence-corrected chi connectivity index (χ3v) is 3.70. The highest BCUT2D eigenvalue weighted by atomic mass is 15.1. The maximum atomic E-state index is 3.62. The molecule has 0 saturated carbocycles. The van der Waals surface area contributed by atoms with Crippen molar-refractivity contribution in [3.8, 4) is 0 Å². The molecular weight excluding hydrogens is 208 g/mol. The Hall–Kier alpha value is -0.860. The first-order chi connectivity index (χ1) is 8.18. The number of nitrogens with one attached hydrogen (secondary N) is 1. The van der Waals surface area contributed by atoms with Gasteiger partial charge in [-0.2, -0.15) is 0 Å². The molecule has 0 bridgehead atoms. The van der Waals surface area contributed by atoms with Crippen molar-refractivity contribution in [3.63, 3.8) is 0 Å². The van der Waals surface area contributed by atoms with Gasteiger partial charge in [0.15, 0.2) is 0 Å². The van der Waals surface area contributed by atoms with Crippen molar-refractivity contribution >= 4 is 0 Å². The number of hydrogen-bond acceptors (Lipinski definition) is 2. The van der Waals surface area contributed by atoms with Gasteiger partial charge in [-0.3, -0.25) is 0 Å². The van der Waals surface area contributed by atoms with Crippen LogP contribution in [-0.2, 0) is 6.42 Å². The van der Waals surface area contributed by atoms with E-state index < -0.39 is 0 Å². The molecule has 1 aromatic rings. The van der Waals surface area contributed by atoms with Crippen LogP contribution in [0, 0.1) is 0 Å². The molecule has 17 heavy (non-hydrogen) atoms. The summed E-state index contributed by atoms with van der Waals surface area (Å²) in [5.74, 6) is 0. The zero-order valence-corrected chi connectivity index (χ0v) is 11.1. The summed E-state index contributed by atoms with van der Waals surface area (Å²) in [6.45, 7) is 5.82. The van der Waals surface area contributed by atoms with Gasteiger partial charge in [0.2, 0.25) is 0 Å². The van der Waals surface area contributed by atoms with Crippen LogP contribution in [0.15, 0.2) is 30.3 Å². The smallest absolute Gasteiger partial charge is 0.0280 e. The van der Waals surface area contributed by atoms with Gasteiger partial charge in [0, 0.05) is 18.6 Å². The molecule has 1 aliphatic heterocycles. The second-order valence-electron chi connectivity index (χ2n) is 5.56. The molecule has 1 fully saturated rings. The molecule has 94 valence electrons. The molecule has 1 N–H and O–H groups in total. The minimum atomic E-state index is 0.339. The summed E-state index contributed by atoms with van der Waals surface area (Å²) in [4.78, 5) is 2.45. The van der Waals surface area contributed by atoms with Crippen molar-refractivity contribution in [2.75, 3.05) is 26.7 Å². The van der Waals surface area contributed by atoms with Crippen molar-refractivity contribution in [3.05, 3.63) is 35.9 Å². The highest BCUT2D eigenvalue weighted by molar-refractivity contribution is 5.14. The number of nitrogens with zero attached hydrogens (tertiary/aromatic N) is 1. The Morgan fingerprint density at radius 1 is 1.29 bits per heavy atom. The Balaban J connectivity index is 1.76. The van der Waals surface area contributed by atoms with Crippen molar-refractivity contribution in [2.24, 2.45) is 0 Å². The lowest BCUT2D eigenvalue weighted by molar-refractivity contribution is 0.242. The first kappa shape index (κ1) is 12.6. The number of hydrogen-bond donors (Lipinski definition) is 1. The van der Waals surface area contributed by atoms with Crippen LogP contribution in [0.1, 0.15) is 25.3 Å². The van der Waals surface area contributed by atoms with E-state index in [-0.39, 0.29) is 0 Å². The van der Waals surface area contributed by atoms with Gasteiger partial charge in [-0.15, -0.1) is 0 Å². The van der Waals surface area contributed by atoms with Gasteiger partial charge in [-0.1, -0.05) is 30.3 Å². The minimum absolute atomic E-state index is 0.339. The summed E-state index contributed by atoms with van der Waals surface area (Å²) in [5, 5.41) is 3.62. The third kappa shape index (κ3) is 3.83. The predicted octanol–water partition coefficient (Wildman–Crippen LogP) is 2.30. The van der Waals surface area contributed by atoms with E-state index in [1.807, 2.05) is 0 Å². The van der Waals surface area contributed by atoms with E-state index >= 15 is 0 Å². The summed E-state index contributed by atoms with van der Waals surface area (Å²) >= 11 is 0. The summed E-state index contributed by atoms with van der Waals surface area (Å²) < 4.78 is 0. The van der Waals surface area contributed by atoms with Gasteiger partial charge in [-0.25, -0.2) is 0 Å². The molecule has 0 aliphatic carbocycles. The number of benzene rings is 1. The van der Waals surface area contributed by atoms with Crippen molar-refractivity contribution in [2.45, 2.75) is 31.7 Å². The largest absolute Gasteiger partial charge is 0.310 e. The van der Waals surface area contributed by atoms with Crippen LogP contribution < -0.4 is 5.32 Å². The first-order valence-corrected chi connectivity index (χ1v) is 6.65. The molecule has 0 aromatic heterocycles. The molecule has 2 rings (SSSR count). The highest BCUT2D eigenvalue weighted by Gasteiger charge is 2.28. The molecule has 0 amide bonds.